The molecule has 6 heteroatoms. The largest absolute Gasteiger partial charge is 0.360 e. The maximum absolute atomic E-state index is 4.48. The molecule has 0 aliphatic carbocycles. The highest BCUT2D eigenvalue weighted by Gasteiger charge is 2.20. The van der Waals surface area contributed by atoms with Crippen LogP contribution in [-0.2, 0) is 0 Å². The van der Waals surface area contributed by atoms with Gasteiger partial charge in [0.05, 0.1) is 5.00 Å². The molecule has 1 aromatic carbocycles. The van der Waals surface area contributed by atoms with E-state index in [-0.39, 0.29) is 24.0 Å². The first kappa shape index (κ1) is 20.0. The molecule has 0 bridgehead atoms. The van der Waals surface area contributed by atoms with Crippen molar-refractivity contribution in [2.45, 2.75) is 12.8 Å². The Labute approximate surface area is 172 Å². The minimum absolute atomic E-state index is 0. The molecule has 1 saturated heterocycles. The number of rotatable bonds is 4. The van der Waals surface area contributed by atoms with Crippen LogP contribution in [0.4, 0.5) is 5.00 Å². The van der Waals surface area contributed by atoms with Crippen molar-refractivity contribution in [2.24, 2.45) is 4.99 Å². The molecule has 0 spiro atoms. The Bertz CT molecular complexity index is 637. The number of anilines is 1. The molecule has 1 unspecified atom stereocenters. The third-order valence-corrected chi connectivity index (χ3v) is 5.47. The molecular weight excluding hydrogens is 443 g/mol. The summed E-state index contributed by atoms with van der Waals surface area (Å²) < 4.78 is 0. The van der Waals surface area contributed by atoms with Gasteiger partial charge < -0.3 is 15.1 Å². The molecule has 1 aliphatic heterocycles. The van der Waals surface area contributed by atoms with Crippen LogP contribution in [0.2, 0.25) is 0 Å². The number of thiophene rings is 1. The van der Waals surface area contributed by atoms with Gasteiger partial charge in [0.15, 0.2) is 5.96 Å². The van der Waals surface area contributed by atoms with Gasteiger partial charge in [0.1, 0.15) is 0 Å². The number of aliphatic imine (C=N–C) groups is 1. The predicted octanol–water partition coefficient (Wildman–Crippen LogP) is 3.87. The van der Waals surface area contributed by atoms with Gasteiger partial charge in [0, 0.05) is 39.8 Å². The van der Waals surface area contributed by atoms with Gasteiger partial charge in [-0.2, -0.15) is 0 Å². The van der Waals surface area contributed by atoms with Gasteiger partial charge >= 0.3 is 0 Å². The molecule has 1 N–H and O–H groups in total. The highest BCUT2D eigenvalue weighted by atomic mass is 127. The summed E-state index contributed by atoms with van der Waals surface area (Å²) in [4.78, 5) is 9.30. The maximum Gasteiger partial charge on any atom is 0.193 e. The number of nitrogens with one attached hydrogen (secondary N) is 1. The van der Waals surface area contributed by atoms with Crippen molar-refractivity contribution >= 4 is 46.3 Å². The first-order valence-corrected chi connectivity index (χ1v) is 9.45. The highest BCUT2D eigenvalue weighted by Crippen LogP contribution is 2.22. The summed E-state index contributed by atoms with van der Waals surface area (Å²) in [7, 11) is 1.88. The van der Waals surface area contributed by atoms with Crippen LogP contribution in [0.5, 0.6) is 0 Å². The van der Waals surface area contributed by atoms with Crippen LogP contribution in [0.1, 0.15) is 18.4 Å². The molecule has 0 radical (unpaired) electrons. The van der Waals surface area contributed by atoms with Crippen LogP contribution in [0, 0.1) is 0 Å². The van der Waals surface area contributed by atoms with E-state index in [1.54, 1.807) is 0 Å². The summed E-state index contributed by atoms with van der Waals surface area (Å²) in [6.45, 7) is 7.28. The zero-order chi connectivity index (χ0) is 16.8. The molecular formula is C19H27IN4S. The molecule has 0 amide bonds. The number of piperazine rings is 1. The van der Waals surface area contributed by atoms with Gasteiger partial charge in [-0.05, 0) is 29.0 Å². The maximum atomic E-state index is 4.48. The molecule has 2 heterocycles. The molecule has 2 aromatic rings. The fraction of sp³-hybridized carbons (Fsp3) is 0.421. The van der Waals surface area contributed by atoms with Crippen molar-refractivity contribution in [2.75, 3.05) is 44.7 Å². The lowest BCUT2D eigenvalue weighted by atomic mass is 10.0. The number of nitrogens with zero attached hydrogens (tertiary/aromatic N) is 3. The zero-order valence-corrected chi connectivity index (χ0v) is 18.0. The van der Waals surface area contributed by atoms with E-state index in [0.29, 0.717) is 5.92 Å². The van der Waals surface area contributed by atoms with E-state index in [9.17, 15) is 0 Å². The third-order valence-electron chi connectivity index (χ3n) is 4.54. The monoisotopic (exact) mass is 470 g/mol. The normalized spacial score (nSPS) is 16.3. The van der Waals surface area contributed by atoms with Crippen molar-refractivity contribution in [3.63, 3.8) is 0 Å². The van der Waals surface area contributed by atoms with Crippen LogP contribution in [0.3, 0.4) is 0 Å². The van der Waals surface area contributed by atoms with Crippen LogP contribution < -0.4 is 10.2 Å². The number of guanidine groups is 1. The standard InChI is InChI=1S/C19H26N4S.HI/c1-16(17-7-4-3-5-8-17)15-21-19(20-2)23-12-10-22(11-13-23)18-9-6-14-24-18;/h3-9,14,16H,10-13,15H2,1-2H3,(H,20,21);1H. The molecule has 0 saturated carbocycles. The Morgan fingerprint density at radius 2 is 1.84 bits per heavy atom. The summed E-state index contributed by atoms with van der Waals surface area (Å²) in [5.41, 5.74) is 1.36. The lowest BCUT2D eigenvalue weighted by Gasteiger charge is -2.37. The van der Waals surface area contributed by atoms with Crippen LogP contribution in [-0.4, -0.2) is 50.6 Å². The van der Waals surface area contributed by atoms with E-state index < -0.39 is 0 Å². The first-order valence-electron chi connectivity index (χ1n) is 8.57. The highest BCUT2D eigenvalue weighted by molar-refractivity contribution is 14.0. The van der Waals surface area contributed by atoms with Crippen LogP contribution in [0.25, 0.3) is 0 Å². The van der Waals surface area contributed by atoms with Crippen molar-refractivity contribution in [3.05, 3.63) is 53.4 Å². The number of hydrogen-bond donors (Lipinski definition) is 1. The molecule has 136 valence electrons. The van der Waals surface area contributed by atoms with Gasteiger partial charge in [-0.25, -0.2) is 0 Å². The minimum Gasteiger partial charge on any atom is -0.360 e. The van der Waals surface area contributed by atoms with Gasteiger partial charge in [0.2, 0.25) is 0 Å². The van der Waals surface area contributed by atoms with Gasteiger partial charge in [-0.1, -0.05) is 37.3 Å². The SMILES string of the molecule is CN=C(NCC(C)c1ccccc1)N1CCN(c2cccs2)CC1.I. The lowest BCUT2D eigenvalue weighted by Crippen LogP contribution is -2.52. The average Bonchev–Trinajstić information content (AvgIpc) is 3.18. The van der Waals surface area contributed by atoms with Crippen molar-refractivity contribution in [1.29, 1.82) is 0 Å². The fourth-order valence-electron chi connectivity index (χ4n) is 3.06. The van der Waals surface area contributed by atoms with E-state index in [1.807, 2.05) is 18.4 Å². The van der Waals surface area contributed by atoms with Gasteiger partial charge in [0.25, 0.3) is 0 Å². The van der Waals surface area contributed by atoms with Crippen LogP contribution >= 0.6 is 35.3 Å². The Morgan fingerprint density at radius 3 is 2.44 bits per heavy atom. The first-order chi connectivity index (χ1) is 11.8. The molecule has 1 aromatic heterocycles. The van der Waals surface area contributed by atoms with E-state index in [2.05, 4.69) is 74.9 Å². The second-order valence-corrected chi connectivity index (χ2v) is 7.09. The van der Waals surface area contributed by atoms with Gasteiger partial charge in [-0.3, -0.25) is 4.99 Å². The summed E-state index contributed by atoms with van der Waals surface area (Å²) in [5, 5.41) is 7.06. The molecule has 3 rings (SSSR count). The smallest absolute Gasteiger partial charge is 0.193 e. The number of hydrogen-bond acceptors (Lipinski definition) is 3. The summed E-state index contributed by atoms with van der Waals surface area (Å²) >= 11 is 1.82. The molecule has 1 atom stereocenters. The summed E-state index contributed by atoms with van der Waals surface area (Å²) in [6.07, 6.45) is 0. The Kier molecular flexibility index (Phi) is 8.02. The van der Waals surface area contributed by atoms with E-state index in [1.165, 1.54) is 10.6 Å². The Balaban J connectivity index is 0.00000225. The molecule has 1 fully saturated rings. The second-order valence-electron chi connectivity index (χ2n) is 6.17. The fourth-order valence-corrected chi connectivity index (χ4v) is 3.85. The zero-order valence-electron chi connectivity index (χ0n) is 14.9. The molecule has 4 nitrogen and oxygen atoms in total. The van der Waals surface area contributed by atoms with Crippen molar-refractivity contribution in [3.8, 4) is 0 Å². The van der Waals surface area contributed by atoms with Gasteiger partial charge in [-0.15, -0.1) is 35.3 Å². The number of halogens is 1. The van der Waals surface area contributed by atoms with Crippen molar-refractivity contribution in [1.82, 2.24) is 10.2 Å². The summed E-state index contributed by atoms with van der Waals surface area (Å²) in [5.74, 6) is 1.49. The Hall–Kier alpha value is -1.28. The van der Waals surface area contributed by atoms with E-state index in [4.69, 9.17) is 0 Å². The van der Waals surface area contributed by atoms with E-state index >= 15 is 0 Å². The molecule has 25 heavy (non-hydrogen) atoms. The lowest BCUT2D eigenvalue weighted by molar-refractivity contribution is 0.372. The Morgan fingerprint density at radius 1 is 1.12 bits per heavy atom. The second kappa shape index (κ2) is 10.0. The van der Waals surface area contributed by atoms with Crippen molar-refractivity contribution < 1.29 is 0 Å². The quantitative estimate of drug-likeness (QED) is 0.418. The third kappa shape index (κ3) is 5.34. The molecule has 1 aliphatic rings. The topological polar surface area (TPSA) is 30.9 Å². The van der Waals surface area contributed by atoms with Crippen LogP contribution in [0.15, 0.2) is 52.8 Å². The van der Waals surface area contributed by atoms with E-state index in [0.717, 1.165) is 38.7 Å². The summed E-state index contributed by atoms with van der Waals surface area (Å²) in [6, 6.07) is 15.0. The number of benzene rings is 1. The average molecular weight is 470 g/mol. The minimum atomic E-state index is 0. The predicted molar refractivity (Wildman–Crippen MR) is 120 cm³/mol.